The molecule has 2 aromatic heterocycles. The van der Waals surface area contributed by atoms with E-state index in [9.17, 15) is 4.79 Å². The van der Waals surface area contributed by atoms with Crippen molar-refractivity contribution in [2.75, 3.05) is 0 Å². The Balaban J connectivity index is 1.70. The van der Waals surface area contributed by atoms with Crippen molar-refractivity contribution in [2.24, 2.45) is 0 Å². The number of aryl methyl sites for hydroxylation is 1. The molecule has 2 heterocycles. The molecule has 3 aromatic rings. The summed E-state index contributed by atoms with van der Waals surface area (Å²) in [7, 11) is 0. The number of fused-ring (bicyclic) bond motifs is 1. The van der Waals surface area contributed by atoms with Crippen LogP contribution >= 0.6 is 0 Å². The molecule has 0 aliphatic carbocycles. The highest BCUT2D eigenvalue weighted by molar-refractivity contribution is 5.81. The zero-order valence-electron chi connectivity index (χ0n) is 11.8. The van der Waals surface area contributed by atoms with Crippen molar-refractivity contribution >= 4 is 16.9 Å². The van der Waals surface area contributed by atoms with Crippen LogP contribution in [0.2, 0.25) is 0 Å². The molecule has 106 valence electrons. The largest absolute Gasteiger partial charge is 0.349 e. The number of carbonyl (C=O) groups excluding carboxylic acids is 1. The van der Waals surface area contributed by atoms with Gasteiger partial charge in [0.15, 0.2) is 0 Å². The molecule has 0 aliphatic heterocycles. The smallest absolute Gasteiger partial charge is 0.240 e. The molecule has 0 atom stereocenters. The van der Waals surface area contributed by atoms with Gasteiger partial charge in [-0.3, -0.25) is 9.78 Å². The summed E-state index contributed by atoms with van der Waals surface area (Å²) in [6, 6.07) is 13.5. The summed E-state index contributed by atoms with van der Waals surface area (Å²) in [6.07, 6.45) is 1.72. The van der Waals surface area contributed by atoms with Crippen LogP contribution in [0.15, 0.2) is 48.7 Å². The number of benzene rings is 1. The first-order valence-corrected chi connectivity index (χ1v) is 6.82. The molecule has 0 saturated heterocycles. The van der Waals surface area contributed by atoms with Gasteiger partial charge in [0.05, 0.1) is 23.3 Å². The lowest BCUT2D eigenvalue weighted by atomic mass is 10.3. The van der Waals surface area contributed by atoms with Crippen LogP contribution in [0.5, 0.6) is 0 Å². The molecule has 0 aliphatic rings. The number of para-hydroxylation sites is 2. The minimum atomic E-state index is -0.0492. The number of aromatic nitrogens is 3. The van der Waals surface area contributed by atoms with Gasteiger partial charge in [0.2, 0.25) is 5.91 Å². The Kier molecular flexibility index (Phi) is 3.64. The van der Waals surface area contributed by atoms with Crippen LogP contribution in [0, 0.1) is 6.92 Å². The van der Waals surface area contributed by atoms with Gasteiger partial charge in [0.1, 0.15) is 12.4 Å². The van der Waals surface area contributed by atoms with E-state index in [0.29, 0.717) is 6.54 Å². The van der Waals surface area contributed by atoms with Crippen molar-refractivity contribution in [3.63, 3.8) is 0 Å². The lowest BCUT2D eigenvalue weighted by Gasteiger charge is -2.08. The summed E-state index contributed by atoms with van der Waals surface area (Å²) >= 11 is 0. The Bertz CT molecular complexity index is 764. The fourth-order valence-corrected chi connectivity index (χ4v) is 2.29. The number of carbonyl (C=O) groups is 1. The number of imidazole rings is 1. The zero-order valence-corrected chi connectivity index (χ0v) is 11.8. The summed E-state index contributed by atoms with van der Waals surface area (Å²) in [5.74, 6) is 0.788. The average molecular weight is 280 g/mol. The topological polar surface area (TPSA) is 59.8 Å². The molecule has 21 heavy (non-hydrogen) atoms. The second-order valence-electron chi connectivity index (χ2n) is 4.83. The Hall–Kier alpha value is -2.69. The Morgan fingerprint density at radius 3 is 2.81 bits per heavy atom. The van der Waals surface area contributed by atoms with E-state index in [1.54, 1.807) is 6.20 Å². The quantitative estimate of drug-likeness (QED) is 0.795. The van der Waals surface area contributed by atoms with Crippen molar-refractivity contribution in [1.29, 1.82) is 0 Å². The van der Waals surface area contributed by atoms with Gasteiger partial charge in [0.25, 0.3) is 0 Å². The van der Waals surface area contributed by atoms with Crippen LogP contribution in [-0.4, -0.2) is 20.4 Å². The Morgan fingerprint density at radius 2 is 2.00 bits per heavy atom. The van der Waals surface area contributed by atoms with Crippen LogP contribution in [0.3, 0.4) is 0 Å². The fourth-order valence-electron chi connectivity index (χ4n) is 2.29. The first kappa shape index (κ1) is 13.3. The minimum absolute atomic E-state index is 0.0492. The number of nitrogens with zero attached hydrogens (tertiary/aromatic N) is 3. The summed E-state index contributed by atoms with van der Waals surface area (Å²) in [4.78, 5) is 20.7. The number of hydrogen-bond donors (Lipinski definition) is 1. The molecule has 0 fully saturated rings. The maximum atomic E-state index is 12.1. The third kappa shape index (κ3) is 2.91. The molecule has 0 radical (unpaired) electrons. The van der Waals surface area contributed by atoms with Gasteiger partial charge >= 0.3 is 0 Å². The lowest BCUT2D eigenvalue weighted by molar-refractivity contribution is -0.121. The van der Waals surface area contributed by atoms with Crippen LogP contribution < -0.4 is 5.32 Å². The number of hydrogen-bond acceptors (Lipinski definition) is 3. The maximum absolute atomic E-state index is 12.1. The van der Waals surface area contributed by atoms with Gasteiger partial charge in [-0.1, -0.05) is 18.2 Å². The first-order chi connectivity index (χ1) is 10.2. The van der Waals surface area contributed by atoms with Crippen LogP contribution in [0.1, 0.15) is 11.5 Å². The van der Waals surface area contributed by atoms with Crippen molar-refractivity contribution < 1.29 is 4.79 Å². The average Bonchev–Trinajstić information content (AvgIpc) is 2.82. The van der Waals surface area contributed by atoms with Crippen LogP contribution in [-0.2, 0) is 17.9 Å². The SMILES string of the molecule is Cc1nc2ccccc2n1CC(=O)NCc1ccccn1. The highest BCUT2D eigenvalue weighted by Crippen LogP contribution is 2.14. The van der Waals surface area contributed by atoms with E-state index in [4.69, 9.17) is 0 Å². The van der Waals surface area contributed by atoms with Gasteiger partial charge in [-0.05, 0) is 31.2 Å². The summed E-state index contributed by atoms with van der Waals surface area (Å²) in [6.45, 7) is 2.61. The van der Waals surface area contributed by atoms with Crippen molar-refractivity contribution in [3.05, 3.63) is 60.2 Å². The van der Waals surface area contributed by atoms with E-state index in [2.05, 4.69) is 15.3 Å². The summed E-state index contributed by atoms with van der Waals surface area (Å²) in [5.41, 5.74) is 2.73. The van der Waals surface area contributed by atoms with E-state index in [-0.39, 0.29) is 12.5 Å². The van der Waals surface area contributed by atoms with Gasteiger partial charge in [-0.2, -0.15) is 0 Å². The van der Waals surface area contributed by atoms with E-state index in [1.165, 1.54) is 0 Å². The van der Waals surface area contributed by atoms with Gasteiger partial charge in [-0.25, -0.2) is 4.98 Å². The number of nitrogens with one attached hydrogen (secondary N) is 1. The lowest BCUT2D eigenvalue weighted by Crippen LogP contribution is -2.27. The molecule has 1 amide bonds. The zero-order chi connectivity index (χ0) is 14.7. The van der Waals surface area contributed by atoms with E-state index in [0.717, 1.165) is 22.6 Å². The highest BCUT2D eigenvalue weighted by atomic mass is 16.1. The highest BCUT2D eigenvalue weighted by Gasteiger charge is 2.10. The molecule has 0 saturated carbocycles. The molecule has 1 N–H and O–H groups in total. The molecular weight excluding hydrogens is 264 g/mol. The summed E-state index contributed by atoms with van der Waals surface area (Å²) in [5, 5.41) is 2.88. The molecule has 3 rings (SSSR count). The number of pyridine rings is 1. The first-order valence-electron chi connectivity index (χ1n) is 6.82. The normalized spacial score (nSPS) is 10.7. The summed E-state index contributed by atoms with van der Waals surface area (Å²) < 4.78 is 1.92. The third-order valence-electron chi connectivity index (χ3n) is 3.34. The predicted molar refractivity (Wildman–Crippen MR) is 80.6 cm³/mol. The molecular formula is C16H16N4O. The molecule has 0 spiro atoms. The van der Waals surface area contributed by atoms with Crippen LogP contribution in [0.4, 0.5) is 0 Å². The van der Waals surface area contributed by atoms with Crippen molar-refractivity contribution in [3.8, 4) is 0 Å². The number of rotatable bonds is 4. The van der Waals surface area contributed by atoms with Gasteiger partial charge < -0.3 is 9.88 Å². The fraction of sp³-hybridized carbons (Fsp3) is 0.188. The van der Waals surface area contributed by atoms with E-state index in [1.807, 2.05) is 54.0 Å². The second kappa shape index (κ2) is 5.75. The van der Waals surface area contributed by atoms with Gasteiger partial charge in [0, 0.05) is 6.20 Å². The Morgan fingerprint density at radius 1 is 1.19 bits per heavy atom. The molecule has 0 unspecified atom stereocenters. The van der Waals surface area contributed by atoms with Gasteiger partial charge in [-0.15, -0.1) is 0 Å². The monoisotopic (exact) mass is 280 g/mol. The van der Waals surface area contributed by atoms with Crippen molar-refractivity contribution in [2.45, 2.75) is 20.0 Å². The molecule has 1 aromatic carbocycles. The molecule has 0 bridgehead atoms. The third-order valence-corrected chi connectivity index (χ3v) is 3.34. The second-order valence-corrected chi connectivity index (χ2v) is 4.83. The number of amides is 1. The van der Waals surface area contributed by atoms with E-state index >= 15 is 0 Å². The van der Waals surface area contributed by atoms with Crippen molar-refractivity contribution in [1.82, 2.24) is 19.9 Å². The standard InChI is InChI=1S/C16H16N4O/c1-12-19-14-7-2-3-8-15(14)20(12)11-16(21)18-10-13-6-4-5-9-17-13/h2-9H,10-11H2,1H3,(H,18,21). The minimum Gasteiger partial charge on any atom is -0.349 e. The molecule has 5 nitrogen and oxygen atoms in total. The van der Waals surface area contributed by atoms with Crippen LogP contribution in [0.25, 0.3) is 11.0 Å². The predicted octanol–water partition coefficient (Wildman–Crippen LogP) is 2.06. The molecule has 5 heteroatoms. The maximum Gasteiger partial charge on any atom is 0.240 e. The van der Waals surface area contributed by atoms with E-state index < -0.39 is 0 Å². The Labute approximate surface area is 122 Å².